The van der Waals surface area contributed by atoms with E-state index in [1.165, 1.54) is 0 Å². The molecule has 0 spiro atoms. The van der Waals surface area contributed by atoms with Crippen molar-refractivity contribution >= 4 is 7.32 Å². The minimum Gasteiger partial charge on any atom is -0.907 e. The Labute approximate surface area is 80.5 Å². The van der Waals surface area contributed by atoms with Crippen LogP contribution in [-0.2, 0) is 0 Å². The Kier molecular flexibility index (Phi) is 26.2. The van der Waals surface area contributed by atoms with Crippen molar-refractivity contribution in [2.24, 2.45) is 0 Å². The summed E-state index contributed by atoms with van der Waals surface area (Å²) in [7, 11) is -2.92. The molecule has 0 aromatic rings. The largest absolute Gasteiger partial charge is 1.00 e. The Hall–Kier alpha value is 1.94. The maximum Gasteiger partial charge on any atom is 1.00 e. The van der Waals surface area contributed by atoms with Crippen LogP contribution in [0.25, 0.3) is 0 Å². The first kappa shape index (κ1) is 15.7. The van der Waals surface area contributed by atoms with Gasteiger partial charge in [-0.3, -0.25) is 7.32 Å². The Morgan fingerprint density at radius 1 is 0.833 bits per heavy atom. The zero-order valence-corrected chi connectivity index (χ0v) is 7.80. The normalized spacial score (nSPS) is 4.50. The van der Waals surface area contributed by atoms with E-state index < -0.39 is 7.32 Å². The molecule has 0 aliphatic carbocycles. The van der Waals surface area contributed by atoms with Crippen LogP contribution in [0, 0.1) is 0 Å². The van der Waals surface area contributed by atoms with Gasteiger partial charge in [-0.05, 0) is 0 Å². The van der Waals surface area contributed by atoms with Crippen LogP contribution < -0.4 is 74.2 Å². The molecule has 0 radical (unpaired) electrons. The molecule has 0 aromatic carbocycles. The van der Waals surface area contributed by atoms with Gasteiger partial charge >= 0.3 is 59.1 Å². The fourth-order valence-electron chi connectivity index (χ4n) is 0. The predicted octanol–water partition coefficient (Wildman–Crippen LogP) is -9.94. The third kappa shape index (κ3) is 38.4. The second-order valence-corrected chi connectivity index (χ2v) is 0.289. The van der Waals surface area contributed by atoms with Gasteiger partial charge < -0.3 is 15.1 Å². The molecule has 0 unspecified atom stereocenters. The van der Waals surface area contributed by atoms with Crippen LogP contribution in [0.3, 0.4) is 0 Å². The molecule has 0 rings (SSSR count). The summed E-state index contributed by atoms with van der Waals surface area (Å²) in [4.78, 5) is 0. The van der Waals surface area contributed by atoms with E-state index in [2.05, 4.69) is 0 Å². The first-order valence-corrected chi connectivity index (χ1v) is 0.707. The zero-order valence-electron chi connectivity index (χ0n) is 3.80. The van der Waals surface area contributed by atoms with Crippen molar-refractivity contribution < 1.29 is 74.2 Å². The summed E-state index contributed by atoms with van der Waals surface area (Å²) in [6, 6.07) is 0. The van der Waals surface area contributed by atoms with Gasteiger partial charge in [0, 0.05) is 0 Å². The monoisotopic (exact) mass is 105 g/mol. The molecule has 0 N–H and O–H groups in total. The van der Waals surface area contributed by atoms with Crippen LogP contribution >= 0.6 is 0 Å². The smallest absolute Gasteiger partial charge is 0.907 e. The second kappa shape index (κ2) is 10.0. The number of rotatable bonds is 0. The van der Waals surface area contributed by atoms with E-state index in [0.29, 0.717) is 0 Å². The molecule has 0 heterocycles. The predicted molar refractivity (Wildman–Crippen MR) is 5.75 cm³/mol. The van der Waals surface area contributed by atoms with Gasteiger partial charge in [0.1, 0.15) is 0 Å². The van der Waals surface area contributed by atoms with Crippen LogP contribution in [0.1, 0.15) is 0 Å². The molecular formula is BNa2O3-. The average molecular weight is 105 g/mol. The van der Waals surface area contributed by atoms with Crippen molar-refractivity contribution in [1.29, 1.82) is 0 Å². The van der Waals surface area contributed by atoms with Gasteiger partial charge in [-0.1, -0.05) is 0 Å². The van der Waals surface area contributed by atoms with Crippen LogP contribution in [-0.4, -0.2) is 7.32 Å². The standard InChI is InChI=1S/BO3.2Na/c2-1(3)4;;/q-3;2*+1. The van der Waals surface area contributed by atoms with Crippen molar-refractivity contribution in [3.8, 4) is 0 Å². The van der Waals surface area contributed by atoms with Gasteiger partial charge in [0.25, 0.3) is 0 Å². The van der Waals surface area contributed by atoms with Crippen LogP contribution in [0.4, 0.5) is 0 Å². The summed E-state index contributed by atoms with van der Waals surface area (Å²) in [6.45, 7) is 0. The topological polar surface area (TPSA) is 69.2 Å². The third-order valence-corrected chi connectivity index (χ3v) is 0. The van der Waals surface area contributed by atoms with Gasteiger partial charge in [-0.25, -0.2) is 0 Å². The molecule has 0 amide bonds. The summed E-state index contributed by atoms with van der Waals surface area (Å²) in [5.74, 6) is 0. The summed E-state index contributed by atoms with van der Waals surface area (Å²) < 4.78 is 0. The van der Waals surface area contributed by atoms with Gasteiger partial charge in [-0.2, -0.15) is 0 Å². The van der Waals surface area contributed by atoms with E-state index in [1.54, 1.807) is 0 Å². The molecule has 0 saturated carbocycles. The van der Waals surface area contributed by atoms with Crippen molar-refractivity contribution in [3.05, 3.63) is 0 Å². The number of hydrogen-bond acceptors (Lipinski definition) is 3. The second-order valence-electron chi connectivity index (χ2n) is 0.289. The van der Waals surface area contributed by atoms with Crippen LogP contribution in [0.15, 0.2) is 0 Å². The van der Waals surface area contributed by atoms with Gasteiger partial charge in [0.2, 0.25) is 0 Å². The fourth-order valence-corrected chi connectivity index (χ4v) is 0. The molecule has 3 nitrogen and oxygen atoms in total. The minimum atomic E-state index is -2.92. The first-order chi connectivity index (χ1) is 1.73. The quantitative estimate of drug-likeness (QED) is 0.287. The minimum absolute atomic E-state index is 0. The SMILES string of the molecule is [Na+].[Na+].[O-]B([O-])[O-]. The molecule has 6 heteroatoms. The first-order valence-electron chi connectivity index (χ1n) is 0.707. The van der Waals surface area contributed by atoms with E-state index >= 15 is 0 Å². The zero-order chi connectivity index (χ0) is 3.58. The maximum absolute atomic E-state index is 8.42. The Morgan fingerprint density at radius 2 is 0.833 bits per heavy atom. The Balaban J connectivity index is -0.0000000450. The molecule has 6 heavy (non-hydrogen) atoms. The van der Waals surface area contributed by atoms with Crippen LogP contribution in [0.5, 0.6) is 0 Å². The molecule has 0 fully saturated rings. The van der Waals surface area contributed by atoms with Gasteiger partial charge in [-0.15, -0.1) is 0 Å². The third-order valence-electron chi connectivity index (χ3n) is 0. The van der Waals surface area contributed by atoms with E-state index in [9.17, 15) is 0 Å². The van der Waals surface area contributed by atoms with E-state index in [0.717, 1.165) is 0 Å². The number of hydrogen-bond donors (Lipinski definition) is 0. The van der Waals surface area contributed by atoms with Crippen molar-refractivity contribution in [1.82, 2.24) is 0 Å². The van der Waals surface area contributed by atoms with Crippen LogP contribution in [0.2, 0.25) is 0 Å². The molecule has 0 aromatic heterocycles. The Morgan fingerprint density at radius 3 is 0.833 bits per heavy atom. The van der Waals surface area contributed by atoms with Crippen molar-refractivity contribution in [2.75, 3.05) is 0 Å². The summed E-state index contributed by atoms with van der Waals surface area (Å²) >= 11 is 0. The fraction of sp³-hybridized carbons (Fsp3) is 0. The van der Waals surface area contributed by atoms with E-state index in [4.69, 9.17) is 15.1 Å². The maximum atomic E-state index is 8.42. The summed E-state index contributed by atoms with van der Waals surface area (Å²) in [6.07, 6.45) is 0. The van der Waals surface area contributed by atoms with Crippen molar-refractivity contribution in [3.63, 3.8) is 0 Å². The van der Waals surface area contributed by atoms with Gasteiger partial charge in [0.15, 0.2) is 0 Å². The molecule has 0 bridgehead atoms. The average Bonchev–Trinajstić information content (AvgIpc) is 0.811. The van der Waals surface area contributed by atoms with E-state index in [1.807, 2.05) is 0 Å². The van der Waals surface area contributed by atoms with Crippen molar-refractivity contribution in [2.45, 2.75) is 0 Å². The molecule has 0 saturated heterocycles. The molecule has 0 aliphatic rings. The summed E-state index contributed by atoms with van der Waals surface area (Å²) in [5.41, 5.74) is 0. The molecular weight excluding hydrogens is 105 g/mol. The molecule has 24 valence electrons. The van der Waals surface area contributed by atoms with Gasteiger partial charge in [0.05, 0.1) is 0 Å². The molecule has 0 aliphatic heterocycles. The Bertz CT molecular complexity index is 13.5. The van der Waals surface area contributed by atoms with E-state index in [-0.39, 0.29) is 59.1 Å². The summed E-state index contributed by atoms with van der Waals surface area (Å²) in [5, 5.41) is 25.2. The molecule has 0 atom stereocenters.